The Morgan fingerprint density at radius 3 is 2.65 bits per heavy atom. The van der Waals surface area contributed by atoms with Crippen molar-refractivity contribution in [3.63, 3.8) is 0 Å². The molecule has 0 saturated carbocycles. The Balaban J connectivity index is 2.52. The second kappa shape index (κ2) is 5.71. The highest BCUT2D eigenvalue weighted by Gasteiger charge is 2.30. The summed E-state index contributed by atoms with van der Waals surface area (Å²) in [6, 6.07) is 0. The van der Waals surface area contributed by atoms with Crippen molar-refractivity contribution < 1.29 is 9.53 Å². The zero-order valence-electron chi connectivity index (χ0n) is 11.5. The molecule has 0 aromatic carbocycles. The van der Waals surface area contributed by atoms with Gasteiger partial charge in [-0.25, -0.2) is 4.79 Å². The summed E-state index contributed by atoms with van der Waals surface area (Å²) in [5, 5.41) is 0. The molecule has 100 valence electrons. The summed E-state index contributed by atoms with van der Waals surface area (Å²) in [5.74, 6) is 1.17. The second-order valence-corrected chi connectivity index (χ2v) is 6.03. The standard InChI is InChI=1S/C13H26N2O2/c1-10-6-8-15(9-11(10)5-7-14)12(16)17-13(2,3)4/h10-11H,5-9,14H2,1-4H3. The van der Waals surface area contributed by atoms with E-state index in [1.807, 2.05) is 25.7 Å². The highest BCUT2D eigenvalue weighted by atomic mass is 16.6. The maximum atomic E-state index is 11.9. The number of likely N-dealkylation sites (tertiary alicyclic amines) is 1. The van der Waals surface area contributed by atoms with E-state index >= 15 is 0 Å². The van der Waals surface area contributed by atoms with Crippen molar-refractivity contribution in [3.8, 4) is 0 Å². The molecule has 1 aliphatic heterocycles. The molecule has 0 aliphatic carbocycles. The van der Waals surface area contributed by atoms with Gasteiger partial charge in [0.15, 0.2) is 0 Å². The van der Waals surface area contributed by atoms with Gasteiger partial charge in [-0.15, -0.1) is 0 Å². The number of carbonyl (C=O) groups is 1. The molecule has 2 atom stereocenters. The van der Waals surface area contributed by atoms with Crippen LogP contribution in [0.2, 0.25) is 0 Å². The van der Waals surface area contributed by atoms with Gasteiger partial charge in [0, 0.05) is 13.1 Å². The second-order valence-electron chi connectivity index (χ2n) is 6.03. The van der Waals surface area contributed by atoms with Gasteiger partial charge in [-0.3, -0.25) is 0 Å². The summed E-state index contributed by atoms with van der Waals surface area (Å²) >= 11 is 0. The van der Waals surface area contributed by atoms with E-state index in [2.05, 4.69) is 6.92 Å². The first-order valence-corrected chi connectivity index (χ1v) is 6.51. The third-order valence-corrected chi connectivity index (χ3v) is 3.30. The monoisotopic (exact) mass is 242 g/mol. The zero-order valence-corrected chi connectivity index (χ0v) is 11.5. The predicted octanol–water partition coefficient (Wildman–Crippen LogP) is 2.23. The fourth-order valence-electron chi connectivity index (χ4n) is 2.23. The molecular weight excluding hydrogens is 216 g/mol. The van der Waals surface area contributed by atoms with Crippen molar-refractivity contribution in [1.82, 2.24) is 4.90 Å². The molecule has 0 spiro atoms. The molecule has 0 aromatic rings. The number of amides is 1. The van der Waals surface area contributed by atoms with Crippen LogP contribution >= 0.6 is 0 Å². The Labute approximate surface area is 104 Å². The quantitative estimate of drug-likeness (QED) is 0.808. The van der Waals surface area contributed by atoms with Gasteiger partial charge in [0.2, 0.25) is 0 Å². The van der Waals surface area contributed by atoms with Crippen molar-refractivity contribution in [2.75, 3.05) is 19.6 Å². The van der Waals surface area contributed by atoms with Crippen molar-refractivity contribution in [1.29, 1.82) is 0 Å². The van der Waals surface area contributed by atoms with E-state index in [4.69, 9.17) is 10.5 Å². The van der Waals surface area contributed by atoms with Crippen molar-refractivity contribution in [2.45, 2.75) is 46.1 Å². The van der Waals surface area contributed by atoms with Gasteiger partial charge in [-0.05, 0) is 52.0 Å². The average molecular weight is 242 g/mol. The summed E-state index contributed by atoms with van der Waals surface area (Å²) in [6.45, 7) is 10.2. The van der Waals surface area contributed by atoms with E-state index in [1.165, 1.54) is 0 Å². The minimum Gasteiger partial charge on any atom is -0.444 e. The van der Waals surface area contributed by atoms with Crippen molar-refractivity contribution >= 4 is 6.09 Å². The summed E-state index contributed by atoms with van der Waals surface area (Å²) in [6.07, 6.45) is 1.84. The number of rotatable bonds is 2. The SMILES string of the molecule is CC1CCN(C(=O)OC(C)(C)C)CC1CCN. The predicted molar refractivity (Wildman–Crippen MR) is 68.7 cm³/mol. The maximum absolute atomic E-state index is 11.9. The van der Waals surface area contributed by atoms with Crippen LogP contribution in [0.5, 0.6) is 0 Å². The largest absolute Gasteiger partial charge is 0.444 e. The van der Waals surface area contributed by atoms with E-state index in [9.17, 15) is 4.79 Å². The van der Waals surface area contributed by atoms with Crippen LogP contribution in [0.4, 0.5) is 4.79 Å². The lowest BCUT2D eigenvalue weighted by Crippen LogP contribution is -2.45. The van der Waals surface area contributed by atoms with Crippen LogP contribution in [-0.2, 0) is 4.74 Å². The summed E-state index contributed by atoms with van der Waals surface area (Å²) < 4.78 is 5.39. The van der Waals surface area contributed by atoms with Crippen LogP contribution in [-0.4, -0.2) is 36.2 Å². The topological polar surface area (TPSA) is 55.6 Å². The van der Waals surface area contributed by atoms with E-state index < -0.39 is 5.60 Å². The van der Waals surface area contributed by atoms with Gasteiger partial charge < -0.3 is 15.4 Å². The van der Waals surface area contributed by atoms with Crippen molar-refractivity contribution in [3.05, 3.63) is 0 Å². The molecule has 1 rings (SSSR count). The molecule has 0 aromatic heterocycles. The Morgan fingerprint density at radius 1 is 1.47 bits per heavy atom. The molecule has 1 heterocycles. The van der Waals surface area contributed by atoms with Gasteiger partial charge in [-0.2, -0.15) is 0 Å². The molecule has 4 heteroatoms. The van der Waals surface area contributed by atoms with E-state index in [1.54, 1.807) is 0 Å². The van der Waals surface area contributed by atoms with E-state index in [0.29, 0.717) is 18.4 Å². The lowest BCUT2D eigenvalue weighted by Gasteiger charge is -2.37. The van der Waals surface area contributed by atoms with Gasteiger partial charge >= 0.3 is 6.09 Å². The molecule has 0 radical (unpaired) electrons. The lowest BCUT2D eigenvalue weighted by atomic mass is 9.85. The molecule has 0 bridgehead atoms. The van der Waals surface area contributed by atoms with Crippen LogP contribution in [0.15, 0.2) is 0 Å². The first kappa shape index (κ1) is 14.3. The number of hydrogen-bond donors (Lipinski definition) is 1. The minimum absolute atomic E-state index is 0.188. The molecule has 2 N–H and O–H groups in total. The number of nitrogens with two attached hydrogens (primary N) is 1. The normalized spacial score (nSPS) is 25.8. The van der Waals surface area contributed by atoms with Crippen LogP contribution in [0, 0.1) is 11.8 Å². The molecule has 1 aliphatic rings. The third kappa shape index (κ3) is 4.54. The highest BCUT2D eigenvalue weighted by Crippen LogP contribution is 2.26. The molecule has 2 unspecified atom stereocenters. The summed E-state index contributed by atoms with van der Waals surface area (Å²) in [7, 11) is 0. The summed E-state index contributed by atoms with van der Waals surface area (Å²) in [4.78, 5) is 13.8. The number of piperidine rings is 1. The van der Waals surface area contributed by atoms with Crippen LogP contribution in [0.3, 0.4) is 0 Å². The first-order chi connectivity index (χ1) is 7.83. The van der Waals surface area contributed by atoms with Gasteiger partial charge in [-0.1, -0.05) is 6.92 Å². The fraction of sp³-hybridized carbons (Fsp3) is 0.923. The number of ether oxygens (including phenoxy) is 1. The smallest absolute Gasteiger partial charge is 0.410 e. The minimum atomic E-state index is -0.413. The molecule has 4 nitrogen and oxygen atoms in total. The highest BCUT2D eigenvalue weighted by molar-refractivity contribution is 5.68. The Bertz CT molecular complexity index is 261. The molecule has 17 heavy (non-hydrogen) atoms. The third-order valence-electron chi connectivity index (χ3n) is 3.30. The van der Waals surface area contributed by atoms with Crippen molar-refractivity contribution in [2.24, 2.45) is 17.6 Å². The number of carbonyl (C=O) groups excluding carboxylic acids is 1. The van der Waals surface area contributed by atoms with Gasteiger partial charge in [0.25, 0.3) is 0 Å². The van der Waals surface area contributed by atoms with Crippen LogP contribution < -0.4 is 5.73 Å². The first-order valence-electron chi connectivity index (χ1n) is 6.51. The molecule has 1 amide bonds. The average Bonchev–Trinajstić information content (AvgIpc) is 2.19. The molecule has 1 saturated heterocycles. The lowest BCUT2D eigenvalue weighted by molar-refractivity contribution is 0.0109. The molecule has 1 fully saturated rings. The van der Waals surface area contributed by atoms with Gasteiger partial charge in [0.1, 0.15) is 5.60 Å². The molecular formula is C13H26N2O2. The van der Waals surface area contributed by atoms with Gasteiger partial charge in [0.05, 0.1) is 0 Å². The van der Waals surface area contributed by atoms with E-state index in [0.717, 1.165) is 25.9 Å². The number of nitrogens with zero attached hydrogens (tertiary/aromatic N) is 1. The fourth-order valence-corrected chi connectivity index (χ4v) is 2.23. The van der Waals surface area contributed by atoms with E-state index in [-0.39, 0.29) is 6.09 Å². The zero-order chi connectivity index (χ0) is 13.1. The Hall–Kier alpha value is -0.770. The maximum Gasteiger partial charge on any atom is 0.410 e. The van der Waals surface area contributed by atoms with Crippen LogP contribution in [0.25, 0.3) is 0 Å². The Morgan fingerprint density at radius 2 is 2.12 bits per heavy atom. The number of hydrogen-bond acceptors (Lipinski definition) is 3. The summed E-state index contributed by atoms with van der Waals surface area (Å²) in [5.41, 5.74) is 5.20. The van der Waals surface area contributed by atoms with Crippen LogP contribution in [0.1, 0.15) is 40.5 Å². The Kier molecular flexibility index (Phi) is 4.80.